The first-order chi connectivity index (χ1) is 7.13. The Morgan fingerprint density at radius 1 is 1.27 bits per heavy atom. The first-order valence-corrected chi connectivity index (χ1v) is 5.05. The van der Waals surface area contributed by atoms with Crippen molar-refractivity contribution in [3.63, 3.8) is 0 Å². The fraction of sp³-hybridized carbons (Fsp3) is 0.417. The lowest BCUT2D eigenvalue weighted by Crippen LogP contribution is -2.11. The summed E-state index contributed by atoms with van der Waals surface area (Å²) in [6, 6.07) is 5.50. The van der Waals surface area contributed by atoms with Gasteiger partial charge in [0, 0.05) is 0 Å². The quantitative estimate of drug-likeness (QED) is 0.565. The largest absolute Gasteiger partial charge is 0.513 e. The average Bonchev–Trinajstić information content (AvgIpc) is 2.20. The number of benzene rings is 1. The van der Waals surface area contributed by atoms with Crippen LogP contribution in [0.25, 0.3) is 0 Å². The lowest BCUT2D eigenvalue weighted by Gasteiger charge is -2.06. The van der Waals surface area contributed by atoms with Crippen molar-refractivity contribution in [2.75, 3.05) is 6.61 Å². The van der Waals surface area contributed by atoms with Gasteiger partial charge in [-0.15, -0.1) is 0 Å². The van der Waals surface area contributed by atoms with Crippen molar-refractivity contribution in [2.45, 2.75) is 27.2 Å². The minimum absolute atomic E-state index is 0.393. The maximum Gasteiger partial charge on any atom is 0.513 e. The van der Waals surface area contributed by atoms with Crippen LogP contribution in [0.3, 0.4) is 0 Å². The Morgan fingerprint density at radius 2 is 2.00 bits per heavy atom. The van der Waals surface area contributed by atoms with E-state index < -0.39 is 6.16 Å². The molecule has 0 aliphatic carbocycles. The Bertz CT molecular complexity index is 345. The zero-order valence-electron chi connectivity index (χ0n) is 9.37. The Labute approximate surface area is 90.0 Å². The van der Waals surface area contributed by atoms with Crippen LogP contribution < -0.4 is 4.74 Å². The van der Waals surface area contributed by atoms with Gasteiger partial charge < -0.3 is 9.47 Å². The van der Waals surface area contributed by atoms with Crippen LogP contribution in [0.5, 0.6) is 5.75 Å². The van der Waals surface area contributed by atoms with E-state index in [0.29, 0.717) is 12.4 Å². The molecule has 15 heavy (non-hydrogen) atoms. The van der Waals surface area contributed by atoms with Crippen LogP contribution in [0.4, 0.5) is 4.79 Å². The molecule has 1 aromatic rings. The topological polar surface area (TPSA) is 35.5 Å². The van der Waals surface area contributed by atoms with Crippen LogP contribution in [0.15, 0.2) is 18.2 Å². The van der Waals surface area contributed by atoms with Gasteiger partial charge in [-0.05, 0) is 43.5 Å². The van der Waals surface area contributed by atoms with Crippen LogP contribution in [0.2, 0.25) is 0 Å². The number of rotatable bonds is 3. The zero-order valence-corrected chi connectivity index (χ0v) is 9.37. The van der Waals surface area contributed by atoms with Gasteiger partial charge in [-0.2, -0.15) is 0 Å². The summed E-state index contributed by atoms with van der Waals surface area (Å²) in [6.45, 7) is 6.31. The van der Waals surface area contributed by atoms with E-state index in [9.17, 15) is 4.79 Å². The first-order valence-electron chi connectivity index (χ1n) is 5.05. The second-order valence-corrected chi connectivity index (χ2v) is 3.45. The summed E-state index contributed by atoms with van der Waals surface area (Å²) >= 11 is 0. The molecule has 3 nitrogen and oxygen atoms in total. The molecule has 0 atom stereocenters. The third-order valence-electron chi connectivity index (χ3n) is 2.10. The van der Waals surface area contributed by atoms with Crippen molar-refractivity contribution in [2.24, 2.45) is 0 Å². The number of carbonyl (C=O) groups is 1. The normalized spacial score (nSPS) is 9.80. The van der Waals surface area contributed by atoms with Crippen molar-refractivity contribution >= 4 is 6.16 Å². The van der Waals surface area contributed by atoms with Gasteiger partial charge in [-0.25, -0.2) is 4.79 Å². The molecule has 82 valence electrons. The third-order valence-corrected chi connectivity index (χ3v) is 2.10. The highest BCUT2D eigenvalue weighted by Gasteiger charge is 2.05. The Balaban J connectivity index is 2.57. The first kappa shape index (κ1) is 11.6. The number of hydrogen-bond donors (Lipinski definition) is 0. The molecule has 3 heteroatoms. The zero-order chi connectivity index (χ0) is 11.3. The summed E-state index contributed by atoms with van der Waals surface area (Å²) in [5.41, 5.74) is 2.26. The summed E-state index contributed by atoms with van der Waals surface area (Å²) in [6.07, 6.45) is 0.155. The Morgan fingerprint density at radius 3 is 2.60 bits per heavy atom. The van der Waals surface area contributed by atoms with Gasteiger partial charge in [-0.1, -0.05) is 13.0 Å². The Hall–Kier alpha value is -1.51. The van der Waals surface area contributed by atoms with Gasteiger partial charge in [0.2, 0.25) is 0 Å². The second-order valence-electron chi connectivity index (χ2n) is 3.45. The molecule has 1 rings (SSSR count). The summed E-state index contributed by atoms with van der Waals surface area (Å²) in [5.74, 6) is 0.527. The van der Waals surface area contributed by atoms with Crippen molar-refractivity contribution in [3.8, 4) is 5.75 Å². The highest BCUT2D eigenvalue weighted by Crippen LogP contribution is 2.16. The van der Waals surface area contributed by atoms with E-state index in [-0.39, 0.29) is 0 Å². The highest BCUT2D eigenvalue weighted by molar-refractivity contribution is 5.63. The molecule has 0 aromatic heterocycles. The van der Waals surface area contributed by atoms with E-state index in [1.165, 1.54) is 5.56 Å². The number of ether oxygens (including phenoxy) is 2. The number of hydrogen-bond acceptors (Lipinski definition) is 3. The lowest BCUT2D eigenvalue weighted by molar-refractivity contribution is 0.0991. The molecule has 0 N–H and O–H groups in total. The molecule has 0 heterocycles. The number of carbonyl (C=O) groups excluding carboxylic acids is 1. The SMILES string of the molecule is CCCOC(=O)Oc1ccc(C)c(C)c1. The van der Waals surface area contributed by atoms with Gasteiger partial charge in [0.25, 0.3) is 0 Å². The van der Waals surface area contributed by atoms with Crippen molar-refractivity contribution in [3.05, 3.63) is 29.3 Å². The molecule has 0 aliphatic heterocycles. The summed E-state index contributed by atoms with van der Waals surface area (Å²) in [7, 11) is 0. The lowest BCUT2D eigenvalue weighted by atomic mass is 10.1. The molecule has 0 spiro atoms. The smallest absolute Gasteiger partial charge is 0.434 e. The summed E-state index contributed by atoms with van der Waals surface area (Å²) < 4.78 is 9.80. The average molecular weight is 208 g/mol. The van der Waals surface area contributed by atoms with Gasteiger partial charge in [0.1, 0.15) is 5.75 Å². The molecule has 0 amide bonds. The molecular formula is C12H16O3. The summed E-state index contributed by atoms with van der Waals surface area (Å²) in [4.78, 5) is 11.1. The van der Waals surface area contributed by atoms with Crippen LogP contribution >= 0.6 is 0 Å². The standard InChI is InChI=1S/C12H16O3/c1-4-7-14-12(13)15-11-6-5-9(2)10(3)8-11/h5-6,8H,4,7H2,1-3H3. The predicted octanol–water partition coefficient (Wildman–Crippen LogP) is 3.23. The van der Waals surface area contributed by atoms with E-state index in [2.05, 4.69) is 0 Å². The minimum Gasteiger partial charge on any atom is -0.434 e. The van der Waals surface area contributed by atoms with E-state index in [1.54, 1.807) is 6.07 Å². The van der Waals surface area contributed by atoms with Crippen LogP contribution in [0, 0.1) is 13.8 Å². The van der Waals surface area contributed by atoms with Crippen LogP contribution in [-0.4, -0.2) is 12.8 Å². The van der Waals surface area contributed by atoms with Gasteiger partial charge in [0.15, 0.2) is 0 Å². The van der Waals surface area contributed by atoms with Crippen LogP contribution in [-0.2, 0) is 4.74 Å². The summed E-state index contributed by atoms with van der Waals surface area (Å²) in [5, 5.41) is 0. The fourth-order valence-corrected chi connectivity index (χ4v) is 1.09. The molecule has 1 aromatic carbocycles. The molecule has 0 fully saturated rings. The molecular weight excluding hydrogens is 192 g/mol. The Kier molecular flexibility index (Phi) is 4.16. The van der Waals surface area contributed by atoms with Crippen molar-refractivity contribution < 1.29 is 14.3 Å². The monoisotopic (exact) mass is 208 g/mol. The molecule has 0 saturated heterocycles. The fourth-order valence-electron chi connectivity index (χ4n) is 1.09. The predicted molar refractivity (Wildman–Crippen MR) is 58.2 cm³/mol. The number of aryl methyl sites for hydroxylation is 2. The van der Waals surface area contributed by atoms with Crippen molar-refractivity contribution in [1.82, 2.24) is 0 Å². The van der Waals surface area contributed by atoms with Gasteiger partial charge in [0.05, 0.1) is 6.61 Å². The second kappa shape index (κ2) is 5.39. The van der Waals surface area contributed by atoms with E-state index in [0.717, 1.165) is 12.0 Å². The highest BCUT2D eigenvalue weighted by atomic mass is 16.7. The molecule has 0 saturated carbocycles. The maximum atomic E-state index is 11.1. The molecule has 0 unspecified atom stereocenters. The van der Waals surface area contributed by atoms with Crippen LogP contribution in [0.1, 0.15) is 24.5 Å². The third kappa shape index (κ3) is 3.62. The van der Waals surface area contributed by atoms with Crippen molar-refractivity contribution in [1.29, 1.82) is 0 Å². The van der Waals surface area contributed by atoms with E-state index in [1.807, 2.05) is 32.9 Å². The van der Waals surface area contributed by atoms with Gasteiger partial charge in [-0.3, -0.25) is 0 Å². The maximum absolute atomic E-state index is 11.1. The molecule has 0 aliphatic rings. The minimum atomic E-state index is -0.639. The van der Waals surface area contributed by atoms with E-state index in [4.69, 9.17) is 9.47 Å². The van der Waals surface area contributed by atoms with E-state index >= 15 is 0 Å². The molecule has 0 bridgehead atoms. The van der Waals surface area contributed by atoms with Gasteiger partial charge >= 0.3 is 6.16 Å². The molecule has 0 radical (unpaired) electrons.